The molecule has 0 bridgehead atoms. The third-order valence-electron chi connectivity index (χ3n) is 1.81. The van der Waals surface area contributed by atoms with Crippen LogP contribution in [-0.4, -0.2) is 19.1 Å². The van der Waals surface area contributed by atoms with Crippen molar-refractivity contribution in [1.29, 1.82) is 0 Å². The van der Waals surface area contributed by atoms with Gasteiger partial charge in [-0.3, -0.25) is 0 Å². The van der Waals surface area contributed by atoms with E-state index in [2.05, 4.69) is 11.3 Å². The van der Waals surface area contributed by atoms with Crippen LogP contribution in [0.25, 0.3) is 0 Å². The van der Waals surface area contributed by atoms with Gasteiger partial charge < -0.3 is 10.5 Å². The zero-order chi connectivity index (χ0) is 9.72. The second kappa shape index (κ2) is 4.93. The largest absolute Gasteiger partial charge is 0.466 e. The van der Waals surface area contributed by atoms with Crippen LogP contribution in [0.3, 0.4) is 0 Å². The Balaban J connectivity index is 3.92. The Morgan fingerprint density at radius 2 is 2.08 bits per heavy atom. The molecule has 12 heavy (non-hydrogen) atoms. The molecule has 0 aromatic carbocycles. The van der Waals surface area contributed by atoms with Gasteiger partial charge in [-0.1, -0.05) is 20.4 Å². The van der Waals surface area contributed by atoms with Gasteiger partial charge in [-0.15, -0.1) is 0 Å². The van der Waals surface area contributed by atoms with E-state index in [4.69, 9.17) is 5.73 Å². The Kier molecular flexibility index (Phi) is 4.59. The van der Waals surface area contributed by atoms with Crippen molar-refractivity contribution in [3.63, 3.8) is 0 Å². The minimum atomic E-state index is -0.369. The van der Waals surface area contributed by atoms with Crippen molar-refractivity contribution in [2.24, 2.45) is 11.7 Å². The van der Waals surface area contributed by atoms with Crippen LogP contribution in [0.15, 0.2) is 12.2 Å². The third kappa shape index (κ3) is 3.53. The van der Waals surface area contributed by atoms with Crippen LogP contribution >= 0.6 is 0 Å². The highest BCUT2D eigenvalue weighted by atomic mass is 16.5. The fourth-order valence-corrected chi connectivity index (χ4v) is 0.748. The fourth-order valence-electron chi connectivity index (χ4n) is 0.748. The molecule has 0 aliphatic carbocycles. The highest BCUT2D eigenvalue weighted by Gasteiger charge is 2.13. The normalized spacial score (nSPS) is 12.8. The lowest BCUT2D eigenvalue weighted by molar-refractivity contribution is -0.136. The maximum absolute atomic E-state index is 10.9. The van der Waals surface area contributed by atoms with Crippen molar-refractivity contribution >= 4 is 5.97 Å². The van der Waals surface area contributed by atoms with Crippen LogP contribution in [0.4, 0.5) is 0 Å². The zero-order valence-corrected chi connectivity index (χ0v) is 7.96. The Morgan fingerprint density at radius 1 is 1.58 bits per heavy atom. The number of hydrogen-bond donors (Lipinski definition) is 1. The number of ether oxygens (including phenoxy) is 1. The number of rotatable bonds is 4. The summed E-state index contributed by atoms with van der Waals surface area (Å²) < 4.78 is 4.50. The standard InChI is InChI=1S/C9H17NO2/c1-6(2)8(10)5-7(3)9(11)12-4/h6,8H,3,5,10H2,1-2,4H3/t8-/m1/s1. The van der Waals surface area contributed by atoms with Gasteiger partial charge in [0.05, 0.1) is 7.11 Å². The monoisotopic (exact) mass is 171 g/mol. The molecule has 0 fully saturated rings. The number of hydrogen-bond acceptors (Lipinski definition) is 3. The molecule has 0 saturated heterocycles. The summed E-state index contributed by atoms with van der Waals surface area (Å²) >= 11 is 0. The van der Waals surface area contributed by atoms with E-state index in [1.165, 1.54) is 7.11 Å². The van der Waals surface area contributed by atoms with Crippen molar-refractivity contribution in [3.05, 3.63) is 12.2 Å². The summed E-state index contributed by atoms with van der Waals surface area (Å²) in [6.07, 6.45) is 0.504. The lowest BCUT2D eigenvalue weighted by Crippen LogP contribution is -2.28. The summed E-state index contributed by atoms with van der Waals surface area (Å²) in [5.41, 5.74) is 6.18. The van der Waals surface area contributed by atoms with E-state index >= 15 is 0 Å². The van der Waals surface area contributed by atoms with Crippen molar-refractivity contribution in [1.82, 2.24) is 0 Å². The lowest BCUT2D eigenvalue weighted by atomic mass is 9.98. The Hall–Kier alpha value is -0.830. The molecule has 0 amide bonds. The second-order valence-corrected chi connectivity index (χ2v) is 3.21. The number of esters is 1. The molecule has 0 aromatic heterocycles. The van der Waals surface area contributed by atoms with E-state index in [0.29, 0.717) is 17.9 Å². The molecule has 3 nitrogen and oxygen atoms in total. The number of methoxy groups -OCH3 is 1. The van der Waals surface area contributed by atoms with Gasteiger partial charge in [0.1, 0.15) is 0 Å². The molecule has 1 atom stereocenters. The molecule has 0 saturated carbocycles. The van der Waals surface area contributed by atoms with Crippen LogP contribution < -0.4 is 5.73 Å². The fraction of sp³-hybridized carbons (Fsp3) is 0.667. The predicted molar refractivity (Wildman–Crippen MR) is 48.6 cm³/mol. The van der Waals surface area contributed by atoms with Gasteiger partial charge in [0.25, 0.3) is 0 Å². The van der Waals surface area contributed by atoms with E-state index in [-0.39, 0.29) is 12.0 Å². The Morgan fingerprint density at radius 3 is 2.42 bits per heavy atom. The minimum absolute atomic E-state index is 0.0170. The van der Waals surface area contributed by atoms with E-state index in [0.717, 1.165) is 0 Å². The molecule has 0 aromatic rings. The van der Waals surface area contributed by atoms with Crippen molar-refractivity contribution in [3.8, 4) is 0 Å². The molecule has 0 spiro atoms. The van der Waals surface area contributed by atoms with Crippen molar-refractivity contribution in [2.75, 3.05) is 7.11 Å². The van der Waals surface area contributed by atoms with Crippen LogP contribution in [0.2, 0.25) is 0 Å². The molecule has 0 aliphatic rings. The Bertz CT molecular complexity index is 175. The summed E-state index contributed by atoms with van der Waals surface area (Å²) in [6, 6.07) is -0.0170. The van der Waals surface area contributed by atoms with E-state index < -0.39 is 0 Å². The molecule has 0 rings (SSSR count). The average Bonchev–Trinajstić information content (AvgIpc) is 2.02. The summed E-state index contributed by atoms with van der Waals surface area (Å²) in [7, 11) is 1.34. The van der Waals surface area contributed by atoms with Crippen LogP contribution in [0.1, 0.15) is 20.3 Å². The van der Waals surface area contributed by atoms with Crippen LogP contribution in [0.5, 0.6) is 0 Å². The van der Waals surface area contributed by atoms with Gasteiger partial charge in [-0.05, 0) is 12.3 Å². The van der Waals surface area contributed by atoms with E-state index in [9.17, 15) is 4.79 Å². The van der Waals surface area contributed by atoms with Gasteiger partial charge in [-0.2, -0.15) is 0 Å². The first-order chi connectivity index (χ1) is 5.49. The molecule has 3 heteroatoms. The quantitative estimate of drug-likeness (QED) is 0.509. The van der Waals surface area contributed by atoms with Gasteiger partial charge >= 0.3 is 5.97 Å². The van der Waals surface area contributed by atoms with Crippen LogP contribution in [-0.2, 0) is 9.53 Å². The molecular formula is C9H17NO2. The van der Waals surface area contributed by atoms with Gasteiger partial charge in [0, 0.05) is 11.6 Å². The first-order valence-electron chi connectivity index (χ1n) is 4.00. The smallest absolute Gasteiger partial charge is 0.333 e. The molecule has 70 valence electrons. The minimum Gasteiger partial charge on any atom is -0.466 e. The summed E-state index contributed by atoms with van der Waals surface area (Å²) in [4.78, 5) is 10.9. The molecule has 0 radical (unpaired) electrons. The van der Waals surface area contributed by atoms with E-state index in [1.54, 1.807) is 0 Å². The maximum Gasteiger partial charge on any atom is 0.333 e. The predicted octanol–water partition coefficient (Wildman–Crippen LogP) is 1.09. The number of carbonyl (C=O) groups is 1. The molecule has 2 N–H and O–H groups in total. The highest BCUT2D eigenvalue weighted by molar-refractivity contribution is 5.87. The zero-order valence-electron chi connectivity index (χ0n) is 7.96. The van der Waals surface area contributed by atoms with Gasteiger partial charge in [-0.25, -0.2) is 4.79 Å². The van der Waals surface area contributed by atoms with Gasteiger partial charge in [0.2, 0.25) is 0 Å². The SMILES string of the molecule is C=C(C[C@@H](N)C(C)C)C(=O)OC. The molecule has 0 aliphatic heterocycles. The summed E-state index contributed by atoms with van der Waals surface area (Å²) in [5.74, 6) is -0.0162. The van der Waals surface area contributed by atoms with Crippen molar-refractivity contribution in [2.45, 2.75) is 26.3 Å². The number of nitrogens with two attached hydrogens (primary N) is 1. The first-order valence-corrected chi connectivity index (χ1v) is 4.00. The summed E-state index contributed by atoms with van der Waals surface area (Å²) in [5, 5.41) is 0. The van der Waals surface area contributed by atoms with Crippen molar-refractivity contribution < 1.29 is 9.53 Å². The molecular weight excluding hydrogens is 154 g/mol. The van der Waals surface area contributed by atoms with E-state index in [1.807, 2.05) is 13.8 Å². The average molecular weight is 171 g/mol. The Labute approximate surface area is 73.6 Å². The molecule has 0 heterocycles. The highest BCUT2D eigenvalue weighted by Crippen LogP contribution is 2.09. The first kappa shape index (κ1) is 11.2. The van der Waals surface area contributed by atoms with Gasteiger partial charge in [0.15, 0.2) is 0 Å². The maximum atomic E-state index is 10.9. The lowest BCUT2D eigenvalue weighted by Gasteiger charge is -2.15. The number of carbonyl (C=O) groups excluding carboxylic acids is 1. The van der Waals surface area contributed by atoms with Crippen LogP contribution in [0, 0.1) is 5.92 Å². The summed E-state index contributed by atoms with van der Waals surface area (Å²) in [6.45, 7) is 7.61. The second-order valence-electron chi connectivity index (χ2n) is 3.21. The topological polar surface area (TPSA) is 52.3 Å². The molecule has 0 unspecified atom stereocenters. The third-order valence-corrected chi connectivity index (χ3v) is 1.81.